The number of para-hydroxylation sites is 1. The minimum atomic E-state index is -4.95. The van der Waals surface area contributed by atoms with Crippen LogP contribution in [0.25, 0.3) is 0 Å². The molecule has 0 aliphatic heterocycles. The maximum Gasteiger partial charge on any atom is 0.471 e. The minimum absolute atomic E-state index is 0.132. The lowest BCUT2D eigenvalue weighted by atomic mass is 10.2. The van der Waals surface area contributed by atoms with Crippen molar-refractivity contribution >= 4 is 23.4 Å². The molecule has 2 aromatic carbocycles. The standard InChI is InChI=1S/C16H11F3N2OS/c1-21(15(22)16(17,18)19)12-7-3-5-9-14(12)23-13-8-4-2-6-11(13)10-20/h2-9H,1H3. The van der Waals surface area contributed by atoms with E-state index in [1.165, 1.54) is 6.07 Å². The molecule has 3 nitrogen and oxygen atoms in total. The average molecular weight is 336 g/mol. The van der Waals surface area contributed by atoms with Gasteiger partial charge >= 0.3 is 12.1 Å². The number of rotatable bonds is 3. The zero-order chi connectivity index (χ0) is 17.0. The molecule has 0 spiro atoms. The highest BCUT2D eigenvalue weighted by Gasteiger charge is 2.42. The predicted octanol–water partition coefficient (Wildman–Crippen LogP) is 4.23. The largest absolute Gasteiger partial charge is 0.471 e. The van der Waals surface area contributed by atoms with Crippen molar-refractivity contribution < 1.29 is 18.0 Å². The fraction of sp³-hybridized carbons (Fsp3) is 0.125. The lowest BCUT2D eigenvalue weighted by Crippen LogP contribution is -2.38. The third-order valence-corrected chi connectivity index (χ3v) is 4.14. The highest BCUT2D eigenvalue weighted by atomic mass is 32.2. The normalized spacial score (nSPS) is 10.9. The summed E-state index contributed by atoms with van der Waals surface area (Å²) < 4.78 is 37.9. The Morgan fingerprint density at radius 3 is 2.26 bits per heavy atom. The predicted molar refractivity (Wildman–Crippen MR) is 81.2 cm³/mol. The maximum atomic E-state index is 12.6. The van der Waals surface area contributed by atoms with Gasteiger partial charge in [0.2, 0.25) is 0 Å². The van der Waals surface area contributed by atoms with Crippen molar-refractivity contribution in [1.29, 1.82) is 5.26 Å². The Bertz CT molecular complexity index is 768. The van der Waals surface area contributed by atoms with Crippen LogP contribution >= 0.6 is 11.8 Å². The third kappa shape index (κ3) is 3.85. The van der Waals surface area contributed by atoms with Crippen LogP contribution in [0.2, 0.25) is 0 Å². The number of alkyl halides is 3. The fourth-order valence-electron chi connectivity index (χ4n) is 1.89. The quantitative estimate of drug-likeness (QED) is 0.842. The van der Waals surface area contributed by atoms with Gasteiger partial charge in [-0.1, -0.05) is 36.0 Å². The van der Waals surface area contributed by atoms with E-state index in [-0.39, 0.29) is 5.69 Å². The van der Waals surface area contributed by atoms with Gasteiger partial charge in [-0.2, -0.15) is 18.4 Å². The van der Waals surface area contributed by atoms with Crippen LogP contribution in [0.5, 0.6) is 0 Å². The molecule has 0 radical (unpaired) electrons. The van der Waals surface area contributed by atoms with Crippen LogP contribution in [0.4, 0.5) is 18.9 Å². The number of benzene rings is 2. The van der Waals surface area contributed by atoms with Crippen molar-refractivity contribution in [3.8, 4) is 6.07 Å². The summed E-state index contributed by atoms with van der Waals surface area (Å²) in [6.07, 6.45) is -4.95. The van der Waals surface area contributed by atoms with Gasteiger partial charge in [-0.05, 0) is 24.3 Å². The number of nitrogens with zero attached hydrogens (tertiary/aromatic N) is 2. The molecule has 0 N–H and O–H groups in total. The van der Waals surface area contributed by atoms with Gasteiger partial charge in [-0.15, -0.1) is 0 Å². The number of amides is 1. The van der Waals surface area contributed by atoms with E-state index in [1.54, 1.807) is 42.5 Å². The highest BCUT2D eigenvalue weighted by molar-refractivity contribution is 7.99. The molecule has 0 aromatic heterocycles. The van der Waals surface area contributed by atoms with Crippen molar-refractivity contribution in [3.05, 3.63) is 54.1 Å². The molecule has 0 aliphatic rings. The van der Waals surface area contributed by atoms with E-state index >= 15 is 0 Å². The van der Waals surface area contributed by atoms with Crippen molar-refractivity contribution in [2.24, 2.45) is 0 Å². The van der Waals surface area contributed by atoms with Crippen molar-refractivity contribution in [2.45, 2.75) is 16.0 Å². The molecule has 1 amide bonds. The zero-order valence-corrected chi connectivity index (χ0v) is 12.8. The van der Waals surface area contributed by atoms with Gasteiger partial charge in [-0.3, -0.25) is 4.79 Å². The SMILES string of the molecule is CN(C(=O)C(F)(F)F)c1ccccc1Sc1ccccc1C#N. The molecular formula is C16H11F3N2OS. The molecule has 2 rings (SSSR count). The van der Waals surface area contributed by atoms with Crippen LogP contribution in [-0.2, 0) is 4.79 Å². The van der Waals surface area contributed by atoms with E-state index in [2.05, 4.69) is 0 Å². The Morgan fingerprint density at radius 1 is 1.09 bits per heavy atom. The van der Waals surface area contributed by atoms with Gasteiger partial charge in [0.05, 0.1) is 11.3 Å². The first-order valence-electron chi connectivity index (χ1n) is 6.45. The summed E-state index contributed by atoms with van der Waals surface area (Å²) in [6.45, 7) is 0. The summed E-state index contributed by atoms with van der Waals surface area (Å²) in [6, 6.07) is 15.0. The van der Waals surface area contributed by atoms with Gasteiger partial charge in [-0.25, -0.2) is 0 Å². The first-order valence-corrected chi connectivity index (χ1v) is 7.27. The molecular weight excluding hydrogens is 325 g/mol. The second kappa shape index (κ2) is 6.75. The fourth-order valence-corrected chi connectivity index (χ4v) is 2.95. The Hall–Kier alpha value is -2.46. The monoisotopic (exact) mass is 336 g/mol. The van der Waals surface area contributed by atoms with E-state index in [1.807, 2.05) is 6.07 Å². The van der Waals surface area contributed by atoms with E-state index in [9.17, 15) is 18.0 Å². The number of carbonyl (C=O) groups is 1. The van der Waals surface area contributed by atoms with E-state index in [4.69, 9.17) is 5.26 Å². The summed E-state index contributed by atoms with van der Waals surface area (Å²) in [7, 11) is 1.07. The molecule has 0 aliphatic carbocycles. The average Bonchev–Trinajstić information content (AvgIpc) is 2.53. The maximum absolute atomic E-state index is 12.6. The molecule has 0 saturated carbocycles. The summed E-state index contributed by atoms with van der Waals surface area (Å²) in [5, 5.41) is 9.09. The first kappa shape index (κ1) is 16.9. The van der Waals surface area contributed by atoms with Crippen LogP contribution < -0.4 is 4.90 Å². The zero-order valence-electron chi connectivity index (χ0n) is 12.0. The number of anilines is 1. The summed E-state index contributed by atoms with van der Waals surface area (Å²) in [5.74, 6) is -1.95. The van der Waals surface area contributed by atoms with Crippen molar-refractivity contribution in [2.75, 3.05) is 11.9 Å². The molecule has 23 heavy (non-hydrogen) atoms. The second-order valence-corrected chi connectivity index (χ2v) is 5.62. The van der Waals surface area contributed by atoms with Crippen LogP contribution in [-0.4, -0.2) is 19.1 Å². The number of hydrogen-bond acceptors (Lipinski definition) is 3. The van der Waals surface area contributed by atoms with Gasteiger partial charge in [0.15, 0.2) is 0 Å². The van der Waals surface area contributed by atoms with Gasteiger partial charge in [0.25, 0.3) is 0 Å². The smallest absolute Gasteiger partial charge is 0.307 e. The third-order valence-electron chi connectivity index (χ3n) is 3.00. The van der Waals surface area contributed by atoms with Crippen LogP contribution in [0.3, 0.4) is 0 Å². The molecule has 2 aromatic rings. The van der Waals surface area contributed by atoms with E-state index < -0.39 is 12.1 Å². The number of halogens is 3. The summed E-state index contributed by atoms with van der Waals surface area (Å²) >= 11 is 1.14. The topological polar surface area (TPSA) is 44.1 Å². The first-order chi connectivity index (χ1) is 10.8. The molecule has 0 atom stereocenters. The molecule has 0 bridgehead atoms. The van der Waals surface area contributed by atoms with Crippen LogP contribution in [0, 0.1) is 11.3 Å². The molecule has 0 fully saturated rings. The Morgan fingerprint density at radius 2 is 1.65 bits per heavy atom. The Balaban J connectivity index is 2.39. The molecule has 118 valence electrons. The van der Waals surface area contributed by atoms with Crippen molar-refractivity contribution in [1.82, 2.24) is 0 Å². The Kier molecular flexibility index (Phi) is 4.96. The highest BCUT2D eigenvalue weighted by Crippen LogP contribution is 2.37. The summed E-state index contributed by atoms with van der Waals surface area (Å²) in [5.41, 5.74) is 0.546. The number of hydrogen-bond donors (Lipinski definition) is 0. The van der Waals surface area contributed by atoms with Crippen LogP contribution in [0.15, 0.2) is 58.3 Å². The minimum Gasteiger partial charge on any atom is -0.307 e. The lowest BCUT2D eigenvalue weighted by Gasteiger charge is -2.21. The lowest BCUT2D eigenvalue weighted by molar-refractivity contribution is -0.170. The van der Waals surface area contributed by atoms with E-state index in [0.717, 1.165) is 18.8 Å². The molecule has 0 unspecified atom stereocenters. The Labute approximate surface area is 135 Å². The van der Waals surface area contributed by atoms with Crippen LogP contribution in [0.1, 0.15) is 5.56 Å². The number of carbonyl (C=O) groups excluding carboxylic acids is 1. The van der Waals surface area contributed by atoms with E-state index in [0.29, 0.717) is 20.3 Å². The van der Waals surface area contributed by atoms with Gasteiger partial charge in [0, 0.05) is 16.8 Å². The summed E-state index contributed by atoms with van der Waals surface area (Å²) in [4.78, 5) is 13.1. The van der Waals surface area contributed by atoms with Gasteiger partial charge in [0.1, 0.15) is 6.07 Å². The second-order valence-electron chi connectivity index (χ2n) is 4.54. The van der Waals surface area contributed by atoms with Crippen molar-refractivity contribution in [3.63, 3.8) is 0 Å². The molecule has 0 saturated heterocycles. The number of nitriles is 1. The molecule has 7 heteroatoms. The molecule has 0 heterocycles. The van der Waals surface area contributed by atoms with Gasteiger partial charge < -0.3 is 4.90 Å².